The van der Waals surface area contributed by atoms with E-state index in [9.17, 15) is 14.9 Å². The topological polar surface area (TPSA) is 109 Å². The van der Waals surface area contributed by atoms with Gasteiger partial charge in [0.05, 0.1) is 33.6 Å². The lowest BCUT2D eigenvalue weighted by molar-refractivity contribution is -0.384. The molecule has 5 rings (SSSR count). The van der Waals surface area contributed by atoms with Gasteiger partial charge in [-0.25, -0.2) is 4.98 Å². The first-order valence-electron chi connectivity index (χ1n) is 13.0. The molecule has 0 spiro atoms. The second-order valence-corrected chi connectivity index (χ2v) is 12.2. The minimum atomic E-state index is -0.444. The molecule has 0 N–H and O–H groups in total. The number of non-ortho nitro benzene ring substituents is 1. The summed E-state index contributed by atoms with van der Waals surface area (Å²) in [5.74, 6) is 1.73. The Morgan fingerprint density at radius 2 is 1.80 bits per heavy atom. The van der Waals surface area contributed by atoms with E-state index < -0.39 is 4.92 Å². The second kappa shape index (κ2) is 12.8. The van der Waals surface area contributed by atoms with Gasteiger partial charge in [0.1, 0.15) is 12.4 Å². The molecule has 0 unspecified atom stereocenters. The third-order valence-electron chi connectivity index (χ3n) is 7.02. The number of hydrogen-bond donors (Lipinski definition) is 0. The van der Waals surface area contributed by atoms with Crippen molar-refractivity contribution >= 4 is 70.6 Å². The van der Waals surface area contributed by atoms with Crippen LogP contribution < -0.4 is 15.0 Å². The number of nitro benzene ring substituents is 1. The molecule has 1 heterocycles. The van der Waals surface area contributed by atoms with Gasteiger partial charge in [-0.1, -0.05) is 35.2 Å². The van der Waals surface area contributed by atoms with Crippen molar-refractivity contribution in [1.82, 2.24) is 9.66 Å². The molecule has 9 nitrogen and oxygen atoms in total. The molecule has 0 bridgehead atoms. The highest BCUT2D eigenvalue weighted by molar-refractivity contribution is 9.13. The van der Waals surface area contributed by atoms with Gasteiger partial charge in [0.2, 0.25) is 0 Å². The molecule has 0 radical (unpaired) electrons. The minimum Gasteiger partial charge on any atom is -0.493 e. The van der Waals surface area contributed by atoms with E-state index in [0.717, 1.165) is 35.7 Å². The van der Waals surface area contributed by atoms with Crippen LogP contribution in [-0.2, 0) is 6.61 Å². The first kappa shape index (κ1) is 29.4. The van der Waals surface area contributed by atoms with Crippen molar-refractivity contribution in [2.24, 2.45) is 5.10 Å². The number of hydrogen-bond acceptors (Lipinski definition) is 7. The molecule has 0 saturated heterocycles. The Bertz CT molecular complexity index is 1700. The number of fused-ring (bicyclic) bond motifs is 1. The molecule has 0 atom stereocenters. The summed E-state index contributed by atoms with van der Waals surface area (Å²) in [6.07, 6.45) is 6.92. The van der Waals surface area contributed by atoms with Gasteiger partial charge in [-0.15, -0.1) is 0 Å². The van der Waals surface area contributed by atoms with Gasteiger partial charge in [0.25, 0.3) is 11.2 Å². The number of methoxy groups -OCH3 is 1. The van der Waals surface area contributed by atoms with Gasteiger partial charge in [0, 0.05) is 32.6 Å². The van der Waals surface area contributed by atoms with Crippen molar-refractivity contribution in [1.29, 1.82) is 0 Å². The van der Waals surface area contributed by atoms with Crippen LogP contribution in [0.5, 0.6) is 11.5 Å². The average molecular weight is 749 g/mol. The molecule has 0 aliphatic heterocycles. The molecule has 212 valence electrons. The zero-order valence-corrected chi connectivity index (χ0v) is 26.7. The van der Waals surface area contributed by atoms with Crippen LogP contribution >= 0.6 is 47.8 Å². The third kappa shape index (κ3) is 6.39. The standard InChI is InChI=1S/C29H25Br3N4O5/c1-40-24-13-19(25(31)26(32)27(24)41-16-17-7-10-21(11-8-17)36(38)39)15-33-35-28(18-5-3-2-4-6-18)34-23-12-9-20(30)14-22(23)29(35)37/h7-15,18H,2-6,16H2,1H3. The van der Waals surface area contributed by atoms with Crippen LogP contribution in [0.4, 0.5) is 5.69 Å². The smallest absolute Gasteiger partial charge is 0.282 e. The van der Waals surface area contributed by atoms with E-state index in [1.807, 2.05) is 12.1 Å². The van der Waals surface area contributed by atoms with E-state index in [2.05, 4.69) is 52.9 Å². The summed E-state index contributed by atoms with van der Waals surface area (Å²) in [5, 5.41) is 16.1. The highest BCUT2D eigenvalue weighted by Gasteiger charge is 2.23. The summed E-state index contributed by atoms with van der Waals surface area (Å²) in [7, 11) is 1.53. The maximum atomic E-state index is 13.7. The first-order valence-corrected chi connectivity index (χ1v) is 15.3. The predicted octanol–water partition coefficient (Wildman–Crippen LogP) is 8.11. The molecule has 1 aliphatic carbocycles. The highest BCUT2D eigenvalue weighted by Crippen LogP contribution is 2.43. The normalized spacial score (nSPS) is 14.0. The van der Waals surface area contributed by atoms with Gasteiger partial charge in [-0.3, -0.25) is 14.9 Å². The fraction of sp³-hybridized carbons (Fsp3) is 0.276. The largest absolute Gasteiger partial charge is 0.493 e. The fourth-order valence-electron chi connectivity index (χ4n) is 4.88. The van der Waals surface area contributed by atoms with E-state index in [0.29, 0.717) is 42.7 Å². The number of rotatable bonds is 8. The lowest BCUT2D eigenvalue weighted by atomic mass is 9.88. The van der Waals surface area contributed by atoms with Crippen LogP contribution in [0.1, 0.15) is 55.0 Å². The van der Waals surface area contributed by atoms with Crippen molar-refractivity contribution in [3.8, 4) is 11.5 Å². The number of nitro groups is 1. The molecular formula is C29H25Br3N4O5. The molecule has 1 aromatic heterocycles. The Morgan fingerprint density at radius 1 is 1.07 bits per heavy atom. The maximum Gasteiger partial charge on any atom is 0.282 e. The van der Waals surface area contributed by atoms with Gasteiger partial charge in [0.15, 0.2) is 11.5 Å². The lowest BCUT2D eigenvalue weighted by Gasteiger charge is -2.22. The predicted molar refractivity (Wildman–Crippen MR) is 168 cm³/mol. The number of benzene rings is 3. The van der Waals surface area contributed by atoms with E-state index in [1.54, 1.807) is 30.5 Å². The Hall–Kier alpha value is -3.09. The van der Waals surface area contributed by atoms with Crippen molar-refractivity contribution in [3.05, 3.63) is 99.4 Å². The molecule has 0 amide bonds. The summed E-state index contributed by atoms with van der Waals surface area (Å²) in [5.41, 5.74) is 1.87. The summed E-state index contributed by atoms with van der Waals surface area (Å²) in [6.45, 7) is 0.172. The summed E-state index contributed by atoms with van der Waals surface area (Å²) in [4.78, 5) is 29.0. The molecule has 12 heteroatoms. The van der Waals surface area contributed by atoms with Gasteiger partial charge in [-0.2, -0.15) is 9.78 Å². The number of ether oxygens (including phenoxy) is 2. The monoisotopic (exact) mass is 746 g/mol. The maximum absolute atomic E-state index is 13.7. The summed E-state index contributed by atoms with van der Waals surface area (Å²) >= 11 is 10.7. The van der Waals surface area contributed by atoms with Crippen molar-refractivity contribution in [3.63, 3.8) is 0 Å². The Balaban J connectivity index is 1.50. The van der Waals surface area contributed by atoms with E-state index >= 15 is 0 Å². The van der Waals surface area contributed by atoms with Crippen LogP contribution in [-0.4, -0.2) is 27.9 Å². The van der Waals surface area contributed by atoms with Gasteiger partial charge < -0.3 is 9.47 Å². The Morgan fingerprint density at radius 3 is 2.49 bits per heavy atom. The minimum absolute atomic E-state index is 0.0129. The van der Waals surface area contributed by atoms with Crippen molar-refractivity contribution < 1.29 is 14.4 Å². The molecule has 3 aromatic carbocycles. The van der Waals surface area contributed by atoms with E-state index in [4.69, 9.17) is 14.5 Å². The molecule has 4 aromatic rings. The van der Waals surface area contributed by atoms with E-state index in [-0.39, 0.29) is 23.8 Å². The zero-order chi connectivity index (χ0) is 29.1. The molecular weight excluding hydrogens is 724 g/mol. The van der Waals surface area contributed by atoms with Crippen LogP contribution in [0.2, 0.25) is 0 Å². The summed E-state index contributed by atoms with van der Waals surface area (Å²) < 4.78 is 15.1. The first-order chi connectivity index (χ1) is 19.8. The van der Waals surface area contributed by atoms with Crippen molar-refractivity contribution in [2.75, 3.05) is 7.11 Å². The average Bonchev–Trinajstić information content (AvgIpc) is 2.98. The zero-order valence-electron chi connectivity index (χ0n) is 22.0. The number of nitrogens with zero attached hydrogens (tertiary/aromatic N) is 4. The van der Waals surface area contributed by atoms with Crippen LogP contribution in [0.3, 0.4) is 0 Å². The fourth-order valence-corrected chi connectivity index (χ4v) is 6.17. The van der Waals surface area contributed by atoms with Crippen molar-refractivity contribution in [2.45, 2.75) is 44.6 Å². The highest BCUT2D eigenvalue weighted by atomic mass is 79.9. The lowest BCUT2D eigenvalue weighted by Crippen LogP contribution is -2.25. The summed E-state index contributed by atoms with van der Waals surface area (Å²) in [6, 6.07) is 13.4. The quantitative estimate of drug-likeness (QED) is 0.102. The molecule has 41 heavy (non-hydrogen) atoms. The van der Waals surface area contributed by atoms with Crippen LogP contribution in [0.15, 0.2) is 71.8 Å². The van der Waals surface area contributed by atoms with Crippen LogP contribution in [0, 0.1) is 10.1 Å². The number of aromatic nitrogens is 2. The molecule has 1 fully saturated rings. The van der Waals surface area contributed by atoms with Gasteiger partial charge in [-0.05, 0) is 86.7 Å². The SMILES string of the molecule is COc1cc(C=Nn2c(C3CCCCC3)nc3ccc(Br)cc3c2=O)c(Br)c(Br)c1OCc1ccc([N+](=O)[O-])cc1. The van der Waals surface area contributed by atoms with E-state index in [1.165, 1.54) is 30.3 Å². The Labute approximate surface area is 261 Å². The number of halogens is 3. The molecule has 1 aliphatic rings. The van der Waals surface area contributed by atoms with Gasteiger partial charge >= 0.3 is 0 Å². The molecule has 1 saturated carbocycles. The second-order valence-electron chi connectivity index (χ2n) is 9.67. The third-order valence-corrected chi connectivity index (χ3v) is 9.66. The van der Waals surface area contributed by atoms with Crippen LogP contribution in [0.25, 0.3) is 10.9 Å². The Kier molecular flexibility index (Phi) is 9.20.